The number of aromatic nitrogens is 4. The van der Waals surface area contributed by atoms with Crippen molar-refractivity contribution in [1.82, 2.24) is 19.9 Å². The van der Waals surface area contributed by atoms with Crippen molar-refractivity contribution >= 4 is 24.1 Å². The molecule has 0 radical (unpaired) electrons. The highest BCUT2D eigenvalue weighted by Gasteiger charge is 2.05. The summed E-state index contributed by atoms with van der Waals surface area (Å²) < 4.78 is 0. The predicted octanol–water partition coefficient (Wildman–Crippen LogP) is -1.67. The molecule has 0 aliphatic heterocycles. The Kier molecular flexibility index (Phi) is 3.75. The Labute approximate surface area is 112 Å². The summed E-state index contributed by atoms with van der Waals surface area (Å²) in [7, 11) is 0. The Morgan fingerprint density at radius 3 is 1.65 bits per heavy atom. The molecule has 102 valence electrons. The zero-order valence-electron chi connectivity index (χ0n) is 9.99. The highest BCUT2D eigenvalue weighted by Crippen LogP contribution is 2.13. The van der Waals surface area contributed by atoms with Gasteiger partial charge in [0.15, 0.2) is 11.6 Å². The fourth-order valence-corrected chi connectivity index (χ4v) is 1.40. The van der Waals surface area contributed by atoms with Crippen LogP contribution in [-0.2, 0) is 9.59 Å². The van der Waals surface area contributed by atoms with Crippen LogP contribution in [0.5, 0.6) is 0 Å². The molecule has 0 saturated carbocycles. The van der Waals surface area contributed by atoms with E-state index < -0.39 is 11.9 Å². The molecule has 0 aromatic carbocycles. The van der Waals surface area contributed by atoms with E-state index in [0.717, 1.165) is 12.2 Å². The Morgan fingerprint density at radius 1 is 0.900 bits per heavy atom. The number of imidazole rings is 2. The maximum Gasteiger partial charge on any atom is 0.174 e. The topological polar surface area (TPSA) is 138 Å². The second-order valence-electron chi connectivity index (χ2n) is 3.68. The van der Waals surface area contributed by atoms with Gasteiger partial charge in [-0.3, -0.25) is 0 Å². The molecule has 0 unspecified atom stereocenters. The van der Waals surface area contributed by atoms with Crippen molar-refractivity contribution in [2.45, 2.75) is 0 Å². The van der Waals surface area contributed by atoms with E-state index >= 15 is 0 Å². The lowest BCUT2D eigenvalue weighted by Crippen LogP contribution is -2.18. The van der Waals surface area contributed by atoms with Crippen molar-refractivity contribution < 1.29 is 19.8 Å². The number of carbonyl (C=O) groups excluding carboxylic acids is 2. The number of H-pyrrole nitrogens is 2. The Balaban J connectivity index is 2.16. The maximum absolute atomic E-state index is 10.3. The van der Waals surface area contributed by atoms with E-state index in [1.54, 1.807) is 0 Å². The molecule has 2 aromatic heterocycles. The molecule has 8 nitrogen and oxygen atoms in total. The van der Waals surface area contributed by atoms with Crippen LogP contribution in [0, 0.1) is 0 Å². The highest BCUT2D eigenvalue weighted by molar-refractivity contribution is 5.83. The first kappa shape index (κ1) is 13.3. The quantitative estimate of drug-likeness (QED) is 0.624. The molecule has 2 rings (SSSR count). The summed E-state index contributed by atoms with van der Waals surface area (Å²) in [5.41, 5.74) is 0.930. The lowest BCUT2D eigenvalue weighted by molar-refractivity contribution is -0.298. The van der Waals surface area contributed by atoms with Crippen molar-refractivity contribution in [2.24, 2.45) is 0 Å². The molecule has 0 saturated heterocycles. The van der Waals surface area contributed by atoms with Crippen LogP contribution in [0.1, 0.15) is 11.4 Å². The van der Waals surface area contributed by atoms with Gasteiger partial charge in [-0.15, -0.1) is 0 Å². The standard InChI is InChI=1S/C12H10N4O4/c17-9(18)3-1-7-5-13-11(15-7)12-14-6-8(16-12)2-4-10(19)20/h1-6H,(H,13,15)(H,14,16)(H,17,18)(H,19,20)/p-2/b3-1+,4-2+. The Morgan fingerprint density at radius 2 is 1.30 bits per heavy atom. The maximum atomic E-state index is 10.3. The van der Waals surface area contributed by atoms with E-state index in [1.807, 2.05) is 0 Å². The Hall–Kier alpha value is -3.16. The van der Waals surface area contributed by atoms with Gasteiger partial charge in [-0.05, 0) is 24.3 Å². The van der Waals surface area contributed by atoms with Crippen LogP contribution in [0.4, 0.5) is 0 Å². The van der Waals surface area contributed by atoms with Gasteiger partial charge in [0, 0.05) is 0 Å². The van der Waals surface area contributed by atoms with E-state index in [0.29, 0.717) is 23.0 Å². The molecule has 0 aliphatic carbocycles. The molecule has 2 aromatic rings. The summed E-state index contributed by atoms with van der Waals surface area (Å²) in [4.78, 5) is 34.2. The molecule has 20 heavy (non-hydrogen) atoms. The van der Waals surface area contributed by atoms with Gasteiger partial charge in [0.05, 0.1) is 35.7 Å². The number of nitrogens with zero attached hydrogens (tertiary/aromatic N) is 2. The van der Waals surface area contributed by atoms with Gasteiger partial charge in [0.25, 0.3) is 0 Å². The van der Waals surface area contributed by atoms with Crippen molar-refractivity contribution in [1.29, 1.82) is 0 Å². The highest BCUT2D eigenvalue weighted by atomic mass is 16.4. The van der Waals surface area contributed by atoms with Crippen LogP contribution >= 0.6 is 0 Å². The molecule has 0 spiro atoms. The van der Waals surface area contributed by atoms with Crippen molar-refractivity contribution in [3.8, 4) is 11.6 Å². The van der Waals surface area contributed by atoms with Crippen LogP contribution in [0.15, 0.2) is 24.5 Å². The molecule has 8 heteroatoms. The third kappa shape index (κ3) is 3.42. The van der Waals surface area contributed by atoms with Gasteiger partial charge >= 0.3 is 0 Å². The van der Waals surface area contributed by atoms with Crippen LogP contribution in [-0.4, -0.2) is 31.9 Å². The van der Waals surface area contributed by atoms with E-state index in [9.17, 15) is 19.8 Å². The van der Waals surface area contributed by atoms with Crippen LogP contribution in [0.25, 0.3) is 23.8 Å². The number of nitrogens with one attached hydrogen (secondary N) is 2. The smallest absolute Gasteiger partial charge is 0.174 e. The normalized spacial score (nSPS) is 11.4. The first-order valence-corrected chi connectivity index (χ1v) is 5.43. The number of aliphatic carboxylic acids is 2. The van der Waals surface area contributed by atoms with Gasteiger partial charge in [0.1, 0.15) is 0 Å². The number of rotatable bonds is 5. The molecule has 0 fully saturated rings. The number of carbonyl (C=O) groups is 2. The largest absolute Gasteiger partial charge is 0.545 e. The molecule has 2 heterocycles. The van der Waals surface area contributed by atoms with Crippen LogP contribution in [0.2, 0.25) is 0 Å². The van der Waals surface area contributed by atoms with Crippen LogP contribution in [0.3, 0.4) is 0 Å². The SMILES string of the molecule is O=C([O-])/C=C/c1cnc(-c2ncc(/C=C/C(=O)[O-])[nH]2)[nH]1. The second kappa shape index (κ2) is 5.65. The number of aromatic amines is 2. The summed E-state index contributed by atoms with van der Waals surface area (Å²) >= 11 is 0. The Bertz CT molecular complexity index is 636. The van der Waals surface area contributed by atoms with E-state index in [4.69, 9.17) is 0 Å². The lowest BCUT2D eigenvalue weighted by atomic mass is 10.4. The van der Waals surface area contributed by atoms with E-state index in [-0.39, 0.29) is 0 Å². The summed E-state index contributed by atoms with van der Waals surface area (Å²) in [6.45, 7) is 0. The van der Waals surface area contributed by atoms with Crippen molar-refractivity contribution in [3.63, 3.8) is 0 Å². The minimum atomic E-state index is -1.31. The first-order chi connectivity index (χ1) is 9.54. The molecule has 0 atom stereocenters. The van der Waals surface area contributed by atoms with Crippen molar-refractivity contribution in [3.05, 3.63) is 35.9 Å². The number of hydrogen-bond donors (Lipinski definition) is 2. The van der Waals surface area contributed by atoms with Gasteiger partial charge < -0.3 is 29.8 Å². The zero-order valence-corrected chi connectivity index (χ0v) is 9.99. The fourth-order valence-electron chi connectivity index (χ4n) is 1.40. The fraction of sp³-hybridized carbons (Fsp3) is 0. The lowest BCUT2D eigenvalue weighted by Gasteiger charge is -1.91. The average Bonchev–Trinajstić information content (AvgIpc) is 3.02. The first-order valence-electron chi connectivity index (χ1n) is 5.43. The summed E-state index contributed by atoms with van der Waals surface area (Å²) in [5.74, 6) is -1.85. The summed E-state index contributed by atoms with van der Waals surface area (Å²) in [6, 6.07) is 0. The van der Waals surface area contributed by atoms with E-state index in [1.165, 1.54) is 24.5 Å². The summed E-state index contributed by atoms with van der Waals surface area (Å²) in [6.07, 6.45) is 7.18. The number of carboxylic acid groups (broad SMARTS) is 2. The van der Waals surface area contributed by atoms with Gasteiger partial charge in [-0.1, -0.05) is 0 Å². The molecule has 0 bridgehead atoms. The minimum absolute atomic E-state index is 0.385. The molecule has 0 aliphatic rings. The molecular weight excluding hydrogens is 264 g/mol. The third-order valence-electron chi connectivity index (χ3n) is 2.21. The molecule has 0 amide bonds. The van der Waals surface area contributed by atoms with E-state index in [2.05, 4.69) is 19.9 Å². The zero-order chi connectivity index (χ0) is 14.5. The van der Waals surface area contributed by atoms with Gasteiger partial charge in [-0.25, -0.2) is 9.97 Å². The third-order valence-corrected chi connectivity index (χ3v) is 2.21. The number of hydrogen-bond acceptors (Lipinski definition) is 6. The molecular formula is C12H8N4O4-2. The summed E-state index contributed by atoms with van der Waals surface area (Å²) in [5, 5.41) is 20.5. The minimum Gasteiger partial charge on any atom is -0.545 e. The predicted molar refractivity (Wildman–Crippen MR) is 64.3 cm³/mol. The van der Waals surface area contributed by atoms with Gasteiger partial charge in [-0.2, -0.15) is 0 Å². The molecule has 2 N–H and O–H groups in total. The van der Waals surface area contributed by atoms with Crippen molar-refractivity contribution in [2.75, 3.05) is 0 Å². The second-order valence-corrected chi connectivity index (χ2v) is 3.68. The van der Waals surface area contributed by atoms with Crippen LogP contribution < -0.4 is 10.2 Å². The average molecular weight is 272 g/mol. The number of carboxylic acids is 2. The monoisotopic (exact) mass is 272 g/mol. The van der Waals surface area contributed by atoms with Gasteiger partial charge in [0.2, 0.25) is 0 Å².